The molecule has 4 aromatic rings. The van der Waals surface area contributed by atoms with Crippen LogP contribution in [-0.4, -0.2) is 33.0 Å². The van der Waals surface area contributed by atoms with E-state index in [1.165, 1.54) is 5.56 Å². The molecule has 0 aliphatic heterocycles. The third-order valence-corrected chi connectivity index (χ3v) is 5.26. The number of aromatic nitrogens is 4. The van der Waals surface area contributed by atoms with E-state index in [-0.39, 0.29) is 5.91 Å². The highest BCUT2D eigenvalue weighted by Crippen LogP contribution is 2.23. The lowest BCUT2D eigenvalue weighted by Crippen LogP contribution is -2.14. The van der Waals surface area contributed by atoms with Crippen molar-refractivity contribution in [3.8, 4) is 17.0 Å². The predicted octanol–water partition coefficient (Wildman–Crippen LogP) is 4.51. The van der Waals surface area contributed by atoms with Gasteiger partial charge in [0.25, 0.3) is 5.91 Å². The maximum atomic E-state index is 12.8. The van der Waals surface area contributed by atoms with Crippen molar-refractivity contribution in [1.29, 1.82) is 0 Å². The molecule has 0 bridgehead atoms. The first-order chi connectivity index (χ1) is 14.9. The highest BCUT2D eigenvalue weighted by Gasteiger charge is 2.17. The maximum Gasteiger partial charge on any atom is 0.273 e. The molecule has 31 heavy (non-hydrogen) atoms. The first-order valence-electron chi connectivity index (χ1n) is 10.1. The van der Waals surface area contributed by atoms with Gasteiger partial charge in [0, 0.05) is 5.56 Å². The summed E-state index contributed by atoms with van der Waals surface area (Å²) in [7, 11) is 1.65. The molecule has 2 heterocycles. The van der Waals surface area contributed by atoms with E-state index in [0.717, 1.165) is 34.0 Å². The maximum absolute atomic E-state index is 12.8. The summed E-state index contributed by atoms with van der Waals surface area (Å²) in [5, 5.41) is 14.7. The number of H-pyrrole nitrogens is 1. The van der Waals surface area contributed by atoms with Gasteiger partial charge in [-0.25, -0.2) is 0 Å². The summed E-state index contributed by atoms with van der Waals surface area (Å²) in [4.78, 5) is 12.8. The number of hydrogen-bond acceptors (Lipinski definition) is 4. The summed E-state index contributed by atoms with van der Waals surface area (Å²) >= 11 is 0. The number of carbonyl (C=O) groups is 1. The highest BCUT2D eigenvalue weighted by molar-refractivity contribution is 6.04. The van der Waals surface area contributed by atoms with Crippen molar-refractivity contribution in [1.82, 2.24) is 20.0 Å². The Balaban J connectivity index is 1.52. The SMILES string of the molecule is COc1cccc(Cn2nc(C)c(NC(=O)c3cc(-c4ccc(C)cc4)n[nH]3)c2C)c1. The van der Waals surface area contributed by atoms with E-state index in [2.05, 4.69) is 20.6 Å². The number of hydrogen-bond donors (Lipinski definition) is 2. The van der Waals surface area contributed by atoms with Crippen LogP contribution < -0.4 is 10.1 Å². The van der Waals surface area contributed by atoms with Crippen molar-refractivity contribution in [2.75, 3.05) is 12.4 Å². The van der Waals surface area contributed by atoms with Crippen molar-refractivity contribution >= 4 is 11.6 Å². The Morgan fingerprint density at radius 3 is 2.61 bits per heavy atom. The van der Waals surface area contributed by atoms with Gasteiger partial charge in [0.2, 0.25) is 0 Å². The average Bonchev–Trinajstić information content (AvgIpc) is 3.36. The molecule has 158 valence electrons. The van der Waals surface area contributed by atoms with Gasteiger partial charge in [-0.1, -0.05) is 42.0 Å². The molecule has 0 saturated heterocycles. The van der Waals surface area contributed by atoms with Gasteiger partial charge in [-0.3, -0.25) is 14.6 Å². The van der Waals surface area contributed by atoms with Gasteiger partial charge >= 0.3 is 0 Å². The molecule has 2 N–H and O–H groups in total. The molecule has 0 aliphatic rings. The summed E-state index contributed by atoms with van der Waals surface area (Å²) in [6, 6.07) is 17.6. The molecule has 2 aromatic heterocycles. The number of ether oxygens (including phenoxy) is 1. The number of benzene rings is 2. The summed E-state index contributed by atoms with van der Waals surface area (Å²) < 4.78 is 7.18. The third-order valence-electron chi connectivity index (χ3n) is 5.26. The molecule has 4 rings (SSSR count). The van der Waals surface area contributed by atoms with Crippen molar-refractivity contribution in [3.05, 3.63) is 82.8 Å². The number of nitrogens with zero attached hydrogens (tertiary/aromatic N) is 3. The van der Waals surface area contributed by atoms with Gasteiger partial charge in [-0.2, -0.15) is 10.2 Å². The summed E-state index contributed by atoms with van der Waals surface area (Å²) in [6.45, 7) is 6.45. The van der Waals surface area contributed by atoms with Gasteiger partial charge in [0.1, 0.15) is 11.4 Å². The second kappa shape index (κ2) is 8.47. The van der Waals surface area contributed by atoms with Crippen molar-refractivity contribution in [3.63, 3.8) is 0 Å². The molecule has 7 nitrogen and oxygen atoms in total. The minimum absolute atomic E-state index is 0.252. The van der Waals surface area contributed by atoms with Gasteiger partial charge in [-0.05, 0) is 44.5 Å². The first-order valence-corrected chi connectivity index (χ1v) is 10.1. The fourth-order valence-corrected chi connectivity index (χ4v) is 3.47. The molecular weight excluding hydrogens is 390 g/mol. The Morgan fingerprint density at radius 1 is 1.10 bits per heavy atom. The molecule has 0 fully saturated rings. The second-order valence-electron chi connectivity index (χ2n) is 7.54. The van der Waals surface area contributed by atoms with Crippen molar-refractivity contribution in [2.45, 2.75) is 27.3 Å². The fourth-order valence-electron chi connectivity index (χ4n) is 3.47. The fraction of sp³-hybridized carbons (Fsp3) is 0.208. The average molecular weight is 415 g/mol. The largest absolute Gasteiger partial charge is 0.497 e. The number of nitrogens with one attached hydrogen (secondary N) is 2. The Kier molecular flexibility index (Phi) is 5.58. The van der Waals surface area contributed by atoms with Crippen LogP contribution in [0, 0.1) is 20.8 Å². The standard InChI is InChI=1S/C24H25N5O2/c1-15-8-10-19(11-9-15)21-13-22(27-26-21)24(30)25-23-16(2)28-29(17(23)3)14-18-6-5-7-20(12-18)31-4/h5-13H,14H2,1-4H3,(H,25,30)(H,26,27). The number of methoxy groups -OCH3 is 1. The molecule has 0 saturated carbocycles. The number of aromatic amines is 1. The normalized spacial score (nSPS) is 10.8. The quantitative estimate of drug-likeness (QED) is 0.485. The molecule has 0 unspecified atom stereocenters. The highest BCUT2D eigenvalue weighted by atomic mass is 16.5. The van der Waals surface area contributed by atoms with E-state index >= 15 is 0 Å². The number of aryl methyl sites for hydroxylation is 2. The van der Waals surface area contributed by atoms with E-state index in [4.69, 9.17) is 4.74 Å². The Morgan fingerprint density at radius 2 is 1.87 bits per heavy atom. The summed E-state index contributed by atoms with van der Waals surface area (Å²) in [5.41, 5.74) is 6.67. The zero-order valence-electron chi connectivity index (χ0n) is 18.1. The smallest absolute Gasteiger partial charge is 0.273 e. The molecule has 0 atom stereocenters. The Hall–Kier alpha value is -3.87. The molecule has 0 spiro atoms. The van der Waals surface area contributed by atoms with E-state index in [1.54, 1.807) is 13.2 Å². The van der Waals surface area contributed by atoms with Crippen LogP contribution in [0.15, 0.2) is 54.6 Å². The summed E-state index contributed by atoms with van der Waals surface area (Å²) in [5.74, 6) is 0.550. The van der Waals surface area contributed by atoms with Gasteiger partial charge < -0.3 is 10.1 Å². The molecular formula is C24H25N5O2. The van der Waals surface area contributed by atoms with Crippen LogP contribution in [-0.2, 0) is 6.54 Å². The monoisotopic (exact) mass is 415 g/mol. The molecule has 1 amide bonds. The Bertz CT molecular complexity index is 1220. The number of rotatable bonds is 6. The van der Waals surface area contributed by atoms with Crippen LogP contribution in [0.5, 0.6) is 5.75 Å². The predicted molar refractivity (Wildman–Crippen MR) is 121 cm³/mol. The molecule has 0 radical (unpaired) electrons. The number of carbonyl (C=O) groups excluding carboxylic acids is 1. The van der Waals surface area contributed by atoms with Crippen LogP contribution in [0.3, 0.4) is 0 Å². The van der Waals surface area contributed by atoms with Crippen molar-refractivity contribution in [2.24, 2.45) is 0 Å². The van der Waals surface area contributed by atoms with Gasteiger partial charge in [-0.15, -0.1) is 0 Å². The zero-order chi connectivity index (χ0) is 22.0. The lowest BCUT2D eigenvalue weighted by Gasteiger charge is -2.08. The van der Waals surface area contributed by atoms with Crippen LogP contribution in [0.2, 0.25) is 0 Å². The van der Waals surface area contributed by atoms with Crippen molar-refractivity contribution < 1.29 is 9.53 Å². The lowest BCUT2D eigenvalue weighted by molar-refractivity contribution is 0.102. The molecule has 7 heteroatoms. The van der Waals surface area contributed by atoms with Gasteiger partial charge in [0.05, 0.1) is 36.4 Å². The van der Waals surface area contributed by atoms with E-state index in [0.29, 0.717) is 17.9 Å². The van der Waals surface area contributed by atoms with E-state index in [1.807, 2.05) is 74.0 Å². The molecule has 0 aliphatic carbocycles. The van der Waals surface area contributed by atoms with Crippen LogP contribution in [0.4, 0.5) is 5.69 Å². The first kappa shape index (κ1) is 20.4. The van der Waals surface area contributed by atoms with Crippen LogP contribution in [0.25, 0.3) is 11.3 Å². The second-order valence-corrected chi connectivity index (χ2v) is 7.54. The third kappa shape index (κ3) is 4.35. The topological polar surface area (TPSA) is 84.8 Å². The van der Waals surface area contributed by atoms with E-state index < -0.39 is 0 Å². The Labute approximate surface area is 181 Å². The lowest BCUT2D eigenvalue weighted by atomic mass is 10.1. The van der Waals surface area contributed by atoms with Crippen LogP contribution in [0.1, 0.15) is 33.0 Å². The zero-order valence-corrected chi connectivity index (χ0v) is 18.1. The number of anilines is 1. The number of amides is 1. The minimum atomic E-state index is -0.252. The van der Waals surface area contributed by atoms with Gasteiger partial charge in [0.15, 0.2) is 0 Å². The van der Waals surface area contributed by atoms with Crippen LogP contribution >= 0.6 is 0 Å². The minimum Gasteiger partial charge on any atom is -0.497 e. The van der Waals surface area contributed by atoms with E-state index in [9.17, 15) is 4.79 Å². The molecule has 2 aromatic carbocycles. The summed E-state index contributed by atoms with van der Waals surface area (Å²) in [6.07, 6.45) is 0.